The normalized spacial score (nSPS) is 18.7. The van der Waals surface area contributed by atoms with Gasteiger partial charge in [-0.2, -0.15) is 10.4 Å². The van der Waals surface area contributed by atoms with Crippen molar-refractivity contribution in [2.45, 2.75) is 32.8 Å². The summed E-state index contributed by atoms with van der Waals surface area (Å²) in [6.45, 7) is 4.34. The van der Waals surface area contributed by atoms with Crippen LogP contribution in [-0.4, -0.2) is 52.4 Å². The first-order chi connectivity index (χ1) is 18.9. The fourth-order valence-corrected chi connectivity index (χ4v) is 4.79. The minimum Gasteiger partial charge on any atom is -0.491 e. The molecule has 1 aromatic heterocycles. The van der Waals surface area contributed by atoms with Crippen LogP contribution in [0.2, 0.25) is 0 Å². The molecule has 0 radical (unpaired) electrons. The molecular formula is C30H27FN4O4. The first kappa shape index (κ1) is 26.1. The van der Waals surface area contributed by atoms with Crippen molar-refractivity contribution in [3.63, 3.8) is 0 Å². The monoisotopic (exact) mass is 526 g/mol. The average molecular weight is 527 g/mol. The molecule has 0 bridgehead atoms. The Balaban J connectivity index is 1.63. The van der Waals surface area contributed by atoms with E-state index in [9.17, 15) is 19.2 Å². The highest BCUT2D eigenvalue weighted by Crippen LogP contribution is 2.33. The Morgan fingerprint density at radius 2 is 2.00 bits per heavy atom. The van der Waals surface area contributed by atoms with Gasteiger partial charge >= 0.3 is 0 Å². The molecule has 1 saturated heterocycles. The van der Waals surface area contributed by atoms with Gasteiger partial charge in [0.25, 0.3) is 11.8 Å². The highest BCUT2D eigenvalue weighted by atomic mass is 19.1. The Morgan fingerprint density at radius 3 is 2.67 bits per heavy atom. The van der Waals surface area contributed by atoms with Crippen LogP contribution in [0.4, 0.5) is 4.39 Å². The van der Waals surface area contributed by atoms with E-state index in [0.717, 1.165) is 23.4 Å². The Bertz CT molecular complexity index is 1530. The molecule has 2 amide bonds. The van der Waals surface area contributed by atoms with Crippen LogP contribution in [0.25, 0.3) is 23.0 Å². The molecule has 0 spiro atoms. The number of nitriles is 1. The minimum atomic E-state index is -0.624. The lowest BCUT2D eigenvalue weighted by Gasteiger charge is -2.29. The summed E-state index contributed by atoms with van der Waals surface area (Å²) in [7, 11) is 0. The molecule has 0 aliphatic carbocycles. The van der Waals surface area contributed by atoms with Crippen LogP contribution < -0.4 is 4.74 Å². The smallest absolute Gasteiger partial charge is 0.271 e. The van der Waals surface area contributed by atoms with Gasteiger partial charge in [0, 0.05) is 29.5 Å². The van der Waals surface area contributed by atoms with Gasteiger partial charge in [-0.25, -0.2) is 9.07 Å². The summed E-state index contributed by atoms with van der Waals surface area (Å²) in [5.74, 6) is -1.54. The average Bonchev–Trinajstić information content (AvgIpc) is 3.61. The predicted octanol–water partition coefficient (Wildman–Crippen LogP) is 4.85. The van der Waals surface area contributed by atoms with Crippen molar-refractivity contribution in [2.75, 3.05) is 19.8 Å². The molecule has 0 saturated carbocycles. The molecule has 0 N–H and O–H groups in total. The van der Waals surface area contributed by atoms with Gasteiger partial charge in [0.2, 0.25) is 0 Å². The Labute approximate surface area is 225 Å². The SMILES string of the molecule is CCOc1ccc(-c2nn(-c3ccccc3)cc2/C=C2/C(=O)N(CC3CCCO3)C(=O)C(C#N)=C2C)cc1F. The number of nitrogens with zero attached hydrogens (tertiary/aromatic N) is 4. The van der Waals surface area contributed by atoms with Gasteiger partial charge in [0.05, 0.1) is 24.9 Å². The number of carbonyl (C=O) groups is 2. The number of ether oxygens (including phenoxy) is 2. The van der Waals surface area contributed by atoms with Crippen LogP contribution >= 0.6 is 0 Å². The summed E-state index contributed by atoms with van der Waals surface area (Å²) in [5.41, 5.74) is 2.59. The second kappa shape index (κ2) is 11.1. The second-order valence-electron chi connectivity index (χ2n) is 9.32. The van der Waals surface area contributed by atoms with Crippen LogP contribution in [0, 0.1) is 17.1 Å². The molecule has 1 atom stereocenters. The third-order valence-electron chi connectivity index (χ3n) is 6.80. The summed E-state index contributed by atoms with van der Waals surface area (Å²) in [5, 5.41) is 14.5. The van der Waals surface area contributed by atoms with Crippen LogP contribution in [0.1, 0.15) is 32.3 Å². The van der Waals surface area contributed by atoms with Gasteiger partial charge in [-0.15, -0.1) is 0 Å². The van der Waals surface area contributed by atoms with Crippen molar-refractivity contribution >= 4 is 17.9 Å². The summed E-state index contributed by atoms with van der Waals surface area (Å²) >= 11 is 0. The van der Waals surface area contributed by atoms with Crippen molar-refractivity contribution in [1.82, 2.24) is 14.7 Å². The molecule has 8 nitrogen and oxygen atoms in total. The lowest BCUT2D eigenvalue weighted by Crippen LogP contribution is -2.46. The van der Waals surface area contributed by atoms with E-state index in [1.165, 1.54) is 6.07 Å². The van der Waals surface area contributed by atoms with E-state index in [4.69, 9.17) is 14.6 Å². The number of aromatic nitrogens is 2. The molecule has 5 rings (SSSR count). The maximum Gasteiger partial charge on any atom is 0.271 e. The lowest BCUT2D eigenvalue weighted by molar-refractivity contribution is -0.142. The second-order valence-corrected chi connectivity index (χ2v) is 9.32. The number of hydrogen-bond acceptors (Lipinski definition) is 6. The highest BCUT2D eigenvalue weighted by Gasteiger charge is 2.37. The van der Waals surface area contributed by atoms with Crippen LogP contribution in [0.3, 0.4) is 0 Å². The maximum absolute atomic E-state index is 14.8. The topological polar surface area (TPSA) is 97.4 Å². The first-order valence-electron chi connectivity index (χ1n) is 12.8. The van der Waals surface area contributed by atoms with E-state index in [1.54, 1.807) is 42.9 Å². The van der Waals surface area contributed by atoms with E-state index < -0.39 is 17.6 Å². The van der Waals surface area contributed by atoms with Crippen LogP contribution in [0.5, 0.6) is 5.75 Å². The number of imide groups is 1. The quantitative estimate of drug-likeness (QED) is 0.323. The van der Waals surface area contributed by atoms with Gasteiger partial charge in [-0.1, -0.05) is 18.2 Å². The Morgan fingerprint density at radius 1 is 1.21 bits per heavy atom. The molecule has 9 heteroatoms. The number of para-hydroxylation sites is 1. The van der Waals surface area contributed by atoms with Gasteiger partial charge in [0.1, 0.15) is 17.3 Å². The number of hydrogen-bond donors (Lipinski definition) is 0. The summed E-state index contributed by atoms with van der Waals surface area (Å²) in [6, 6.07) is 15.9. The van der Waals surface area contributed by atoms with Gasteiger partial charge in [-0.05, 0) is 68.7 Å². The molecule has 2 aliphatic rings. The minimum absolute atomic E-state index is 0.0771. The number of halogens is 1. The van der Waals surface area contributed by atoms with Crippen molar-refractivity contribution in [3.8, 4) is 28.8 Å². The van der Waals surface area contributed by atoms with Crippen molar-refractivity contribution in [2.24, 2.45) is 0 Å². The predicted molar refractivity (Wildman–Crippen MR) is 142 cm³/mol. The largest absolute Gasteiger partial charge is 0.491 e. The lowest BCUT2D eigenvalue weighted by atomic mass is 9.93. The molecule has 1 unspecified atom stereocenters. The molecule has 39 heavy (non-hydrogen) atoms. The number of benzene rings is 2. The maximum atomic E-state index is 14.8. The summed E-state index contributed by atoms with van der Waals surface area (Å²) < 4.78 is 27.5. The van der Waals surface area contributed by atoms with Crippen molar-refractivity contribution in [3.05, 3.63) is 82.8 Å². The van der Waals surface area contributed by atoms with E-state index in [2.05, 4.69) is 0 Å². The zero-order valence-electron chi connectivity index (χ0n) is 21.7. The summed E-state index contributed by atoms with van der Waals surface area (Å²) in [6.07, 6.45) is 4.67. The van der Waals surface area contributed by atoms with Crippen molar-refractivity contribution in [1.29, 1.82) is 5.26 Å². The third-order valence-corrected chi connectivity index (χ3v) is 6.80. The molecule has 1 fully saturated rings. The zero-order chi connectivity index (χ0) is 27.5. The van der Waals surface area contributed by atoms with Gasteiger partial charge < -0.3 is 9.47 Å². The van der Waals surface area contributed by atoms with Crippen LogP contribution in [-0.2, 0) is 14.3 Å². The van der Waals surface area contributed by atoms with E-state index in [0.29, 0.717) is 30.0 Å². The van der Waals surface area contributed by atoms with Crippen molar-refractivity contribution < 1.29 is 23.5 Å². The fraction of sp³-hybridized carbons (Fsp3) is 0.267. The van der Waals surface area contributed by atoms with E-state index in [-0.39, 0.29) is 35.1 Å². The number of rotatable bonds is 7. The molecule has 3 aromatic rings. The molecular weight excluding hydrogens is 499 g/mol. The standard InChI is InChI=1S/C30H27FN4O4/c1-3-38-27-12-11-20(15-26(27)31)28-21(17-35(33-28)22-8-5-4-6-9-22)14-24-19(2)25(16-32)30(37)34(29(24)36)18-23-10-7-13-39-23/h4-6,8-9,11-12,14-15,17,23H,3,7,10,13,18H2,1-2H3/b24-14+. The zero-order valence-corrected chi connectivity index (χ0v) is 21.7. The molecule has 3 heterocycles. The third kappa shape index (κ3) is 5.11. The van der Waals surface area contributed by atoms with Gasteiger partial charge in [-0.3, -0.25) is 14.5 Å². The molecule has 2 aromatic carbocycles. The number of carbonyl (C=O) groups excluding carboxylic acids is 2. The molecule has 198 valence electrons. The van der Waals surface area contributed by atoms with Gasteiger partial charge in [0.15, 0.2) is 11.6 Å². The van der Waals surface area contributed by atoms with E-state index >= 15 is 0 Å². The van der Waals surface area contributed by atoms with Crippen LogP contribution in [0.15, 0.2) is 71.4 Å². The highest BCUT2D eigenvalue weighted by molar-refractivity contribution is 6.19. The Hall–Kier alpha value is -4.55. The Kier molecular flexibility index (Phi) is 7.39. The van der Waals surface area contributed by atoms with E-state index in [1.807, 2.05) is 36.4 Å². The number of amides is 2. The first-order valence-corrected chi connectivity index (χ1v) is 12.8. The summed E-state index contributed by atoms with van der Waals surface area (Å²) in [4.78, 5) is 27.8. The fourth-order valence-electron chi connectivity index (χ4n) is 4.79. The molecule has 2 aliphatic heterocycles.